The molecule has 0 spiro atoms. The summed E-state index contributed by atoms with van der Waals surface area (Å²) in [6.45, 7) is 3.47. The molecule has 0 N–H and O–H groups in total. The normalized spacial score (nSPS) is 25.5. The molecule has 3 nitrogen and oxygen atoms in total. The molecule has 3 rings (SSSR count). The average Bonchev–Trinajstić information content (AvgIpc) is 2.57. The molecule has 2 aromatic carbocycles. The van der Waals surface area contributed by atoms with Crippen molar-refractivity contribution in [3.8, 4) is 5.75 Å². The molecule has 3 heteroatoms. The third kappa shape index (κ3) is 2.94. The third-order valence-corrected chi connectivity index (χ3v) is 3.97. The molecule has 1 aliphatic rings. The summed E-state index contributed by atoms with van der Waals surface area (Å²) in [5.74, 6) is 0.837. The van der Waals surface area contributed by atoms with E-state index in [0.29, 0.717) is 13.2 Å². The Morgan fingerprint density at radius 1 is 0.952 bits per heavy atom. The van der Waals surface area contributed by atoms with E-state index in [1.807, 2.05) is 30.3 Å². The van der Waals surface area contributed by atoms with Crippen LogP contribution in [0.1, 0.15) is 24.3 Å². The Balaban J connectivity index is 1.69. The Morgan fingerprint density at radius 2 is 1.57 bits per heavy atom. The molecule has 21 heavy (non-hydrogen) atoms. The van der Waals surface area contributed by atoms with Gasteiger partial charge in [-0.2, -0.15) is 0 Å². The van der Waals surface area contributed by atoms with Crippen molar-refractivity contribution in [1.82, 2.24) is 0 Å². The smallest absolute Gasteiger partial charge is 0.183 e. The molecule has 0 aromatic heterocycles. The van der Waals surface area contributed by atoms with E-state index in [1.165, 1.54) is 5.56 Å². The minimum absolute atomic E-state index is 0.0930. The maximum atomic E-state index is 5.94. The highest BCUT2D eigenvalue weighted by atomic mass is 16.7. The second-order valence-corrected chi connectivity index (χ2v) is 5.65. The molecule has 0 radical (unpaired) electrons. The summed E-state index contributed by atoms with van der Waals surface area (Å²) in [5.41, 5.74) is 2.17. The van der Waals surface area contributed by atoms with Gasteiger partial charge >= 0.3 is 0 Å². The minimum atomic E-state index is -0.298. The molecular formula is C18H20O3. The highest BCUT2D eigenvalue weighted by Crippen LogP contribution is 2.34. The predicted octanol–water partition coefficient (Wildman–Crippen LogP) is 3.70. The number of rotatable bonds is 3. The molecule has 0 bridgehead atoms. The largest absolute Gasteiger partial charge is 0.497 e. The first-order chi connectivity index (χ1) is 10.2. The van der Waals surface area contributed by atoms with Crippen molar-refractivity contribution in [2.45, 2.75) is 18.6 Å². The quantitative estimate of drug-likeness (QED) is 0.860. The fraction of sp³-hybridized carbons (Fsp3) is 0.333. The Hall–Kier alpha value is -1.84. The fourth-order valence-electron chi connectivity index (χ4n) is 2.57. The first kappa shape index (κ1) is 14.1. The van der Waals surface area contributed by atoms with Crippen molar-refractivity contribution >= 4 is 0 Å². The standard InChI is InChI=1S/C18H20O3/c1-18(15-6-4-3-5-7-15)12-20-17(21-13-18)14-8-10-16(19-2)11-9-14/h3-11,17H,12-13H2,1-2H3. The van der Waals surface area contributed by atoms with Gasteiger partial charge in [-0.15, -0.1) is 0 Å². The highest BCUT2D eigenvalue weighted by molar-refractivity contribution is 5.29. The van der Waals surface area contributed by atoms with Crippen LogP contribution in [0.5, 0.6) is 5.75 Å². The van der Waals surface area contributed by atoms with Gasteiger partial charge in [0, 0.05) is 11.0 Å². The lowest BCUT2D eigenvalue weighted by atomic mass is 9.83. The van der Waals surface area contributed by atoms with Crippen LogP contribution in [0, 0.1) is 0 Å². The van der Waals surface area contributed by atoms with Crippen molar-refractivity contribution in [2.75, 3.05) is 20.3 Å². The number of hydrogen-bond acceptors (Lipinski definition) is 3. The van der Waals surface area contributed by atoms with E-state index in [4.69, 9.17) is 14.2 Å². The van der Waals surface area contributed by atoms with Crippen molar-refractivity contribution in [3.63, 3.8) is 0 Å². The zero-order valence-electron chi connectivity index (χ0n) is 12.4. The fourth-order valence-corrected chi connectivity index (χ4v) is 2.57. The van der Waals surface area contributed by atoms with Crippen LogP contribution in [-0.2, 0) is 14.9 Å². The molecule has 1 saturated heterocycles. The zero-order valence-corrected chi connectivity index (χ0v) is 12.4. The van der Waals surface area contributed by atoms with E-state index in [0.717, 1.165) is 11.3 Å². The summed E-state index contributed by atoms with van der Waals surface area (Å²) in [5, 5.41) is 0. The lowest BCUT2D eigenvalue weighted by molar-refractivity contribution is -0.211. The highest BCUT2D eigenvalue weighted by Gasteiger charge is 2.34. The van der Waals surface area contributed by atoms with Crippen molar-refractivity contribution < 1.29 is 14.2 Å². The number of hydrogen-bond donors (Lipinski definition) is 0. The summed E-state index contributed by atoms with van der Waals surface area (Å²) < 4.78 is 17.1. The van der Waals surface area contributed by atoms with Crippen LogP contribution in [0.15, 0.2) is 54.6 Å². The molecular weight excluding hydrogens is 264 g/mol. The van der Waals surface area contributed by atoms with Crippen LogP contribution in [0.4, 0.5) is 0 Å². The van der Waals surface area contributed by atoms with Crippen molar-refractivity contribution in [3.05, 3.63) is 65.7 Å². The molecule has 0 amide bonds. The van der Waals surface area contributed by atoms with Gasteiger partial charge < -0.3 is 14.2 Å². The Kier molecular flexibility index (Phi) is 3.95. The molecule has 1 aliphatic heterocycles. The SMILES string of the molecule is COc1ccc(C2OCC(C)(c3ccccc3)CO2)cc1. The molecule has 2 aromatic rings. The predicted molar refractivity (Wildman–Crippen MR) is 81.4 cm³/mol. The van der Waals surface area contributed by atoms with Gasteiger partial charge in [-0.1, -0.05) is 49.4 Å². The Labute approximate surface area is 125 Å². The van der Waals surface area contributed by atoms with Gasteiger partial charge in [0.1, 0.15) is 5.75 Å². The second-order valence-electron chi connectivity index (χ2n) is 5.65. The van der Waals surface area contributed by atoms with E-state index in [-0.39, 0.29) is 11.7 Å². The maximum Gasteiger partial charge on any atom is 0.183 e. The minimum Gasteiger partial charge on any atom is -0.497 e. The molecule has 1 heterocycles. The Morgan fingerprint density at radius 3 is 2.14 bits per heavy atom. The second kappa shape index (κ2) is 5.88. The first-order valence-electron chi connectivity index (χ1n) is 7.14. The van der Waals surface area contributed by atoms with Gasteiger partial charge in [0.15, 0.2) is 6.29 Å². The van der Waals surface area contributed by atoms with Crippen LogP contribution in [0.2, 0.25) is 0 Å². The van der Waals surface area contributed by atoms with Crippen molar-refractivity contribution in [2.24, 2.45) is 0 Å². The summed E-state index contributed by atoms with van der Waals surface area (Å²) in [6.07, 6.45) is -0.298. The average molecular weight is 284 g/mol. The lowest BCUT2D eigenvalue weighted by Crippen LogP contribution is -2.40. The zero-order chi connectivity index (χ0) is 14.7. The first-order valence-corrected chi connectivity index (χ1v) is 7.14. The number of benzene rings is 2. The van der Waals surface area contributed by atoms with E-state index in [9.17, 15) is 0 Å². The molecule has 0 unspecified atom stereocenters. The van der Waals surface area contributed by atoms with Gasteiger partial charge in [0.25, 0.3) is 0 Å². The van der Waals surface area contributed by atoms with Gasteiger partial charge in [0.2, 0.25) is 0 Å². The third-order valence-electron chi connectivity index (χ3n) is 3.97. The van der Waals surface area contributed by atoms with Gasteiger partial charge in [-0.25, -0.2) is 0 Å². The number of ether oxygens (including phenoxy) is 3. The summed E-state index contributed by atoms with van der Waals surface area (Å²) >= 11 is 0. The van der Waals surface area contributed by atoms with E-state index in [2.05, 4.69) is 31.2 Å². The molecule has 110 valence electrons. The molecule has 0 atom stereocenters. The van der Waals surface area contributed by atoms with Crippen LogP contribution >= 0.6 is 0 Å². The lowest BCUT2D eigenvalue weighted by Gasteiger charge is -2.37. The summed E-state index contributed by atoms with van der Waals surface area (Å²) in [6, 6.07) is 18.2. The van der Waals surface area contributed by atoms with Crippen LogP contribution in [-0.4, -0.2) is 20.3 Å². The Bertz CT molecular complexity index is 569. The monoisotopic (exact) mass is 284 g/mol. The van der Waals surface area contributed by atoms with Crippen LogP contribution < -0.4 is 4.74 Å². The molecule has 1 fully saturated rings. The number of methoxy groups -OCH3 is 1. The van der Waals surface area contributed by atoms with Crippen molar-refractivity contribution in [1.29, 1.82) is 0 Å². The topological polar surface area (TPSA) is 27.7 Å². The summed E-state index contributed by atoms with van der Waals surface area (Å²) in [4.78, 5) is 0. The van der Waals surface area contributed by atoms with Crippen LogP contribution in [0.25, 0.3) is 0 Å². The van der Waals surface area contributed by atoms with Gasteiger partial charge in [0.05, 0.1) is 20.3 Å². The maximum absolute atomic E-state index is 5.94. The van der Waals surface area contributed by atoms with Gasteiger partial charge in [-0.3, -0.25) is 0 Å². The van der Waals surface area contributed by atoms with Crippen LogP contribution in [0.3, 0.4) is 0 Å². The van der Waals surface area contributed by atoms with Gasteiger partial charge in [-0.05, 0) is 17.7 Å². The van der Waals surface area contributed by atoms with E-state index >= 15 is 0 Å². The molecule has 0 saturated carbocycles. The van der Waals surface area contributed by atoms with E-state index in [1.54, 1.807) is 7.11 Å². The van der Waals surface area contributed by atoms with E-state index < -0.39 is 0 Å². The summed E-state index contributed by atoms with van der Waals surface area (Å²) in [7, 11) is 1.66. The molecule has 0 aliphatic carbocycles.